The molecule has 1 N–H and O–H groups in total. The monoisotopic (exact) mass is 275 g/mol. The van der Waals surface area contributed by atoms with Crippen molar-refractivity contribution in [3.05, 3.63) is 21.3 Å². The molecular formula is C11H14ClNO3S. The van der Waals surface area contributed by atoms with Gasteiger partial charge in [0.1, 0.15) is 6.04 Å². The zero-order chi connectivity index (χ0) is 13.2. The summed E-state index contributed by atoms with van der Waals surface area (Å²) in [6.45, 7) is 3.23. The normalized spacial score (nSPS) is 14.1. The molecule has 17 heavy (non-hydrogen) atoms. The van der Waals surface area contributed by atoms with Crippen LogP contribution in [0.15, 0.2) is 12.1 Å². The van der Waals surface area contributed by atoms with Crippen molar-refractivity contribution in [2.24, 2.45) is 0 Å². The third-order valence-electron chi connectivity index (χ3n) is 2.68. The van der Waals surface area contributed by atoms with E-state index in [2.05, 4.69) is 0 Å². The minimum absolute atomic E-state index is 0.224. The Hall–Kier alpha value is -1.07. The third kappa shape index (κ3) is 3.20. The summed E-state index contributed by atoms with van der Waals surface area (Å²) in [4.78, 5) is 24.9. The first-order chi connectivity index (χ1) is 7.84. The minimum Gasteiger partial charge on any atom is -0.480 e. The Labute approximate surface area is 109 Å². The van der Waals surface area contributed by atoms with Gasteiger partial charge in [-0.15, -0.1) is 11.3 Å². The Bertz CT molecular complexity index is 432. The highest BCUT2D eigenvalue weighted by atomic mass is 35.5. The maximum absolute atomic E-state index is 12.0. The zero-order valence-corrected chi connectivity index (χ0v) is 11.4. The molecule has 0 radical (unpaired) electrons. The molecule has 1 amide bonds. The van der Waals surface area contributed by atoms with Crippen molar-refractivity contribution in [2.75, 3.05) is 7.05 Å². The fourth-order valence-corrected chi connectivity index (χ4v) is 2.45. The summed E-state index contributed by atoms with van der Waals surface area (Å²) in [5, 5.41) is 8.85. The van der Waals surface area contributed by atoms with E-state index in [0.717, 1.165) is 4.88 Å². The summed E-state index contributed by atoms with van der Waals surface area (Å²) in [6.07, 6.45) is 0. The van der Waals surface area contributed by atoms with Crippen LogP contribution < -0.4 is 0 Å². The third-order valence-corrected chi connectivity index (χ3v) is 4.09. The number of hydrogen-bond acceptors (Lipinski definition) is 3. The van der Waals surface area contributed by atoms with Gasteiger partial charge in [-0.2, -0.15) is 0 Å². The quantitative estimate of drug-likeness (QED) is 0.918. The topological polar surface area (TPSA) is 57.6 Å². The molecule has 2 unspecified atom stereocenters. The summed E-state index contributed by atoms with van der Waals surface area (Å²) in [7, 11) is 1.49. The Kier molecular flexibility index (Phi) is 4.54. The standard InChI is InChI=1S/C11H14ClNO3S/c1-6(8-4-5-9(12)17-8)10(14)13(3)7(2)11(15)16/h4-7H,1-3H3,(H,15,16). The van der Waals surface area contributed by atoms with E-state index in [1.165, 1.54) is 30.2 Å². The van der Waals surface area contributed by atoms with Crippen LogP contribution in [0.25, 0.3) is 0 Å². The summed E-state index contributed by atoms with van der Waals surface area (Å²) in [5.74, 6) is -1.62. The number of carbonyl (C=O) groups excluding carboxylic acids is 1. The van der Waals surface area contributed by atoms with Crippen molar-refractivity contribution >= 4 is 34.8 Å². The predicted octanol–water partition coefficient (Wildman–Crippen LogP) is 2.44. The predicted molar refractivity (Wildman–Crippen MR) is 67.6 cm³/mol. The maximum Gasteiger partial charge on any atom is 0.326 e. The van der Waals surface area contributed by atoms with Gasteiger partial charge in [0.2, 0.25) is 5.91 Å². The number of thiophene rings is 1. The van der Waals surface area contributed by atoms with Gasteiger partial charge >= 0.3 is 5.97 Å². The van der Waals surface area contributed by atoms with Crippen molar-refractivity contribution in [3.8, 4) is 0 Å². The largest absolute Gasteiger partial charge is 0.480 e. The van der Waals surface area contributed by atoms with Crippen LogP contribution in [0.3, 0.4) is 0 Å². The number of amides is 1. The highest BCUT2D eigenvalue weighted by Gasteiger charge is 2.27. The zero-order valence-electron chi connectivity index (χ0n) is 9.81. The highest BCUT2D eigenvalue weighted by Crippen LogP contribution is 2.29. The number of rotatable bonds is 4. The van der Waals surface area contributed by atoms with Gasteiger partial charge in [-0.25, -0.2) is 4.79 Å². The molecule has 1 rings (SSSR count). The summed E-state index contributed by atoms with van der Waals surface area (Å²) >= 11 is 7.13. The average Bonchev–Trinajstić information content (AvgIpc) is 2.71. The number of carbonyl (C=O) groups is 2. The Morgan fingerprint density at radius 1 is 1.41 bits per heavy atom. The van der Waals surface area contributed by atoms with Gasteiger partial charge in [0.25, 0.3) is 0 Å². The van der Waals surface area contributed by atoms with E-state index in [1.807, 2.05) is 0 Å². The fraction of sp³-hybridized carbons (Fsp3) is 0.455. The Morgan fingerprint density at radius 3 is 2.41 bits per heavy atom. The van der Waals surface area contributed by atoms with Gasteiger partial charge in [0.15, 0.2) is 0 Å². The van der Waals surface area contributed by atoms with E-state index in [1.54, 1.807) is 19.1 Å². The lowest BCUT2D eigenvalue weighted by molar-refractivity contribution is -0.148. The summed E-state index contributed by atoms with van der Waals surface area (Å²) in [6, 6.07) is 2.68. The highest BCUT2D eigenvalue weighted by molar-refractivity contribution is 7.16. The summed E-state index contributed by atoms with van der Waals surface area (Å²) < 4.78 is 0.619. The number of carboxylic acids is 1. The van der Waals surface area contributed by atoms with Gasteiger partial charge < -0.3 is 10.0 Å². The molecule has 1 aromatic rings. The van der Waals surface area contributed by atoms with Crippen molar-refractivity contribution in [2.45, 2.75) is 25.8 Å². The van der Waals surface area contributed by atoms with E-state index < -0.39 is 12.0 Å². The first-order valence-corrected chi connectivity index (χ1v) is 6.28. The molecule has 2 atom stereocenters. The molecule has 94 valence electrons. The molecule has 0 aliphatic heterocycles. The van der Waals surface area contributed by atoms with Crippen LogP contribution in [-0.4, -0.2) is 35.0 Å². The molecule has 0 fully saturated rings. The first kappa shape index (κ1) is 14.0. The molecule has 0 saturated carbocycles. The number of hydrogen-bond donors (Lipinski definition) is 1. The number of carboxylic acid groups (broad SMARTS) is 1. The minimum atomic E-state index is -1.02. The Balaban J connectivity index is 2.79. The average molecular weight is 276 g/mol. The molecular weight excluding hydrogens is 262 g/mol. The van der Waals surface area contributed by atoms with Crippen LogP contribution in [-0.2, 0) is 9.59 Å². The molecule has 0 aliphatic carbocycles. The lowest BCUT2D eigenvalue weighted by Gasteiger charge is -2.24. The molecule has 4 nitrogen and oxygen atoms in total. The van der Waals surface area contributed by atoms with Crippen LogP contribution in [0.2, 0.25) is 4.34 Å². The van der Waals surface area contributed by atoms with Crippen LogP contribution in [0.4, 0.5) is 0 Å². The van der Waals surface area contributed by atoms with E-state index in [-0.39, 0.29) is 11.8 Å². The van der Waals surface area contributed by atoms with Crippen LogP contribution in [0.5, 0.6) is 0 Å². The van der Waals surface area contributed by atoms with Crippen LogP contribution in [0.1, 0.15) is 24.6 Å². The lowest BCUT2D eigenvalue weighted by Crippen LogP contribution is -2.42. The number of nitrogens with zero attached hydrogens (tertiary/aromatic N) is 1. The molecule has 6 heteroatoms. The molecule has 1 aromatic heterocycles. The molecule has 0 aromatic carbocycles. The molecule has 1 heterocycles. The smallest absolute Gasteiger partial charge is 0.326 e. The fourth-order valence-electron chi connectivity index (χ4n) is 1.34. The van der Waals surface area contributed by atoms with Crippen molar-refractivity contribution in [1.29, 1.82) is 0 Å². The first-order valence-electron chi connectivity index (χ1n) is 5.09. The number of aliphatic carboxylic acids is 1. The van der Waals surface area contributed by atoms with E-state index >= 15 is 0 Å². The van der Waals surface area contributed by atoms with Crippen molar-refractivity contribution < 1.29 is 14.7 Å². The lowest BCUT2D eigenvalue weighted by atomic mass is 10.1. The molecule has 0 bridgehead atoms. The maximum atomic E-state index is 12.0. The second-order valence-electron chi connectivity index (χ2n) is 3.83. The van der Waals surface area contributed by atoms with Crippen LogP contribution >= 0.6 is 22.9 Å². The number of likely N-dealkylation sites (N-methyl/N-ethyl adjacent to an activating group) is 1. The second kappa shape index (κ2) is 5.51. The van der Waals surface area contributed by atoms with Gasteiger partial charge in [0.05, 0.1) is 10.3 Å². The Morgan fingerprint density at radius 2 is 2.00 bits per heavy atom. The second-order valence-corrected chi connectivity index (χ2v) is 5.57. The van der Waals surface area contributed by atoms with Crippen LogP contribution in [0, 0.1) is 0 Å². The van der Waals surface area contributed by atoms with E-state index in [0.29, 0.717) is 4.34 Å². The number of halogens is 1. The van der Waals surface area contributed by atoms with Gasteiger partial charge in [-0.05, 0) is 26.0 Å². The van der Waals surface area contributed by atoms with Gasteiger partial charge in [-0.1, -0.05) is 11.6 Å². The van der Waals surface area contributed by atoms with Gasteiger partial charge in [0, 0.05) is 11.9 Å². The molecule has 0 saturated heterocycles. The van der Waals surface area contributed by atoms with Crippen molar-refractivity contribution in [1.82, 2.24) is 4.90 Å². The van der Waals surface area contributed by atoms with E-state index in [9.17, 15) is 9.59 Å². The summed E-state index contributed by atoms with van der Waals surface area (Å²) in [5.41, 5.74) is 0. The molecule has 0 aliphatic rings. The SMILES string of the molecule is CC(C(=O)N(C)C(C)C(=O)O)c1ccc(Cl)s1. The van der Waals surface area contributed by atoms with E-state index in [4.69, 9.17) is 16.7 Å². The molecule has 0 spiro atoms. The van der Waals surface area contributed by atoms with Gasteiger partial charge in [-0.3, -0.25) is 4.79 Å². The van der Waals surface area contributed by atoms with Crippen molar-refractivity contribution in [3.63, 3.8) is 0 Å².